The van der Waals surface area contributed by atoms with Crippen molar-refractivity contribution in [2.24, 2.45) is 0 Å². The number of fused-ring (bicyclic) bond motifs is 1. The van der Waals surface area contributed by atoms with Crippen molar-refractivity contribution in [2.45, 2.75) is 25.3 Å². The molecule has 7 heteroatoms. The van der Waals surface area contributed by atoms with E-state index in [0.29, 0.717) is 25.1 Å². The fraction of sp³-hybridized carbons (Fsp3) is 0.350. The van der Waals surface area contributed by atoms with Gasteiger partial charge in [0.05, 0.1) is 17.9 Å². The third-order valence-electron chi connectivity index (χ3n) is 5.60. The van der Waals surface area contributed by atoms with E-state index in [9.17, 15) is 9.59 Å². The van der Waals surface area contributed by atoms with Gasteiger partial charge in [-0.05, 0) is 37.1 Å². The number of benzene rings is 1. The molecule has 0 aliphatic carbocycles. The van der Waals surface area contributed by atoms with E-state index in [1.54, 1.807) is 11.1 Å². The first-order valence-electron chi connectivity index (χ1n) is 9.40. The summed E-state index contributed by atoms with van der Waals surface area (Å²) in [7, 11) is 0. The minimum Gasteiger partial charge on any atom is -0.361 e. The third kappa shape index (κ3) is 2.79. The van der Waals surface area contributed by atoms with Gasteiger partial charge in [-0.3, -0.25) is 14.3 Å². The molecule has 1 unspecified atom stereocenters. The number of carbonyl (C=O) groups is 2. The Bertz CT molecular complexity index is 1020. The van der Waals surface area contributed by atoms with Crippen molar-refractivity contribution in [1.29, 1.82) is 0 Å². The Hall–Kier alpha value is -3.09. The van der Waals surface area contributed by atoms with Crippen LogP contribution in [-0.2, 0) is 4.79 Å². The van der Waals surface area contributed by atoms with Crippen LogP contribution in [0, 0.1) is 0 Å². The van der Waals surface area contributed by atoms with Crippen molar-refractivity contribution in [2.75, 3.05) is 24.5 Å². The van der Waals surface area contributed by atoms with Crippen molar-refractivity contribution >= 4 is 28.4 Å². The maximum Gasteiger partial charge on any atom is 0.253 e. The summed E-state index contributed by atoms with van der Waals surface area (Å²) in [5.41, 5.74) is 2.61. The van der Waals surface area contributed by atoms with Crippen LogP contribution in [0.4, 0.5) is 5.69 Å². The number of H-pyrrole nitrogens is 1. The minimum absolute atomic E-state index is 0.0581. The molecule has 1 aromatic carbocycles. The van der Waals surface area contributed by atoms with Crippen LogP contribution in [0.5, 0.6) is 0 Å². The van der Waals surface area contributed by atoms with Gasteiger partial charge in [0.1, 0.15) is 0 Å². The average molecular weight is 363 g/mol. The van der Waals surface area contributed by atoms with Crippen LogP contribution in [-0.4, -0.2) is 51.1 Å². The summed E-state index contributed by atoms with van der Waals surface area (Å²) in [5, 5.41) is 5.50. The highest BCUT2D eigenvalue weighted by atomic mass is 16.2. The normalized spacial score (nSPS) is 20.1. The predicted molar refractivity (Wildman–Crippen MR) is 102 cm³/mol. The van der Waals surface area contributed by atoms with Crippen molar-refractivity contribution in [3.05, 3.63) is 48.4 Å². The lowest BCUT2D eigenvalue weighted by Crippen LogP contribution is -2.29. The Labute approximate surface area is 156 Å². The standard InChI is InChI=1S/C20H21N5O2/c26-19-2-1-8-24(19)17-11-22-25(13-17)16-6-9-23(12-16)20(27)15-3-4-18-14(10-15)5-7-21-18/h3-5,7,10-11,13,16,21H,1-2,6,8-9,12H2. The predicted octanol–water partition coefficient (Wildman–Crippen LogP) is 2.58. The molecule has 5 rings (SSSR count). The number of anilines is 1. The molecule has 2 aliphatic heterocycles. The topological polar surface area (TPSA) is 74.2 Å². The summed E-state index contributed by atoms with van der Waals surface area (Å²) in [5.74, 6) is 0.223. The van der Waals surface area contributed by atoms with Gasteiger partial charge in [-0.1, -0.05) is 0 Å². The quantitative estimate of drug-likeness (QED) is 0.777. The Morgan fingerprint density at radius 3 is 3.00 bits per heavy atom. The van der Waals surface area contributed by atoms with E-state index in [2.05, 4.69) is 10.1 Å². The second-order valence-electron chi connectivity index (χ2n) is 7.30. The largest absolute Gasteiger partial charge is 0.361 e. The lowest BCUT2D eigenvalue weighted by molar-refractivity contribution is -0.117. The van der Waals surface area contributed by atoms with Crippen LogP contribution in [0.15, 0.2) is 42.9 Å². The van der Waals surface area contributed by atoms with Crippen LogP contribution in [0.25, 0.3) is 10.9 Å². The number of amides is 2. The Morgan fingerprint density at radius 2 is 2.15 bits per heavy atom. The maximum absolute atomic E-state index is 12.9. The van der Waals surface area contributed by atoms with E-state index >= 15 is 0 Å². The van der Waals surface area contributed by atoms with Gasteiger partial charge in [0.15, 0.2) is 0 Å². The number of hydrogen-bond acceptors (Lipinski definition) is 3. The first-order chi connectivity index (χ1) is 13.2. The molecular weight excluding hydrogens is 342 g/mol. The fourth-order valence-electron chi connectivity index (χ4n) is 4.10. The highest BCUT2D eigenvalue weighted by Gasteiger charge is 2.30. The van der Waals surface area contributed by atoms with Crippen molar-refractivity contribution in [3.8, 4) is 0 Å². The van der Waals surface area contributed by atoms with Crippen molar-refractivity contribution < 1.29 is 9.59 Å². The van der Waals surface area contributed by atoms with Gasteiger partial charge >= 0.3 is 0 Å². The highest BCUT2D eigenvalue weighted by molar-refractivity contribution is 5.98. The van der Waals surface area contributed by atoms with Crippen LogP contribution < -0.4 is 4.90 Å². The first-order valence-corrected chi connectivity index (χ1v) is 9.40. The molecule has 4 heterocycles. The van der Waals surface area contributed by atoms with Gasteiger partial charge in [-0.25, -0.2) is 0 Å². The lowest BCUT2D eigenvalue weighted by atomic mass is 10.1. The summed E-state index contributed by atoms with van der Waals surface area (Å²) < 4.78 is 1.91. The summed E-state index contributed by atoms with van der Waals surface area (Å²) in [4.78, 5) is 31.6. The Balaban J connectivity index is 1.30. The zero-order valence-corrected chi connectivity index (χ0v) is 15.0. The van der Waals surface area contributed by atoms with Gasteiger partial charge in [-0.15, -0.1) is 0 Å². The number of likely N-dealkylation sites (tertiary alicyclic amines) is 1. The van der Waals surface area contributed by atoms with Gasteiger partial charge < -0.3 is 14.8 Å². The van der Waals surface area contributed by atoms with Gasteiger partial charge in [0, 0.05) is 54.9 Å². The van der Waals surface area contributed by atoms with E-state index in [1.807, 2.05) is 46.2 Å². The molecule has 3 aromatic rings. The summed E-state index contributed by atoms with van der Waals surface area (Å²) >= 11 is 0. The molecule has 1 atom stereocenters. The monoisotopic (exact) mass is 363 g/mol. The zero-order valence-electron chi connectivity index (χ0n) is 15.0. The molecule has 2 amide bonds. The molecule has 2 aromatic heterocycles. The smallest absolute Gasteiger partial charge is 0.253 e. The number of carbonyl (C=O) groups excluding carboxylic acids is 2. The molecule has 2 saturated heterocycles. The second kappa shape index (κ2) is 6.26. The van der Waals surface area contributed by atoms with Crippen LogP contribution in [0.2, 0.25) is 0 Å². The molecule has 27 heavy (non-hydrogen) atoms. The summed E-state index contributed by atoms with van der Waals surface area (Å²) in [6, 6.07) is 7.88. The molecule has 0 saturated carbocycles. The van der Waals surface area contributed by atoms with Crippen LogP contribution in [0.3, 0.4) is 0 Å². The molecule has 0 bridgehead atoms. The molecule has 2 aliphatic rings. The average Bonchev–Trinajstić information content (AvgIpc) is 3.44. The van der Waals surface area contributed by atoms with Crippen LogP contribution in [0.1, 0.15) is 35.7 Å². The lowest BCUT2D eigenvalue weighted by Gasteiger charge is -2.17. The molecule has 0 radical (unpaired) electrons. The van der Waals surface area contributed by atoms with Gasteiger partial charge in [0.25, 0.3) is 5.91 Å². The molecule has 2 fully saturated rings. The van der Waals surface area contributed by atoms with E-state index in [1.165, 1.54) is 0 Å². The van der Waals surface area contributed by atoms with E-state index in [0.717, 1.165) is 36.0 Å². The van der Waals surface area contributed by atoms with E-state index in [-0.39, 0.29) is 17.9 Å². The minimum atomic E-state index is 0.0581. The number of nitrogens with one attached hydrogen (secondary N) is 1. The van der Waals surface area contributed by atoms with Crippen molar-refractivity contribution in [3.63, 3.8) is 0 Å². The number of aromatic amines is 1. The number of hydrogen-bond donors (Lipinski definition) is 1. The van der Waals surface area contributed by atoms with Crippen LogP contribution >= 0.6 is 0 Å². The SMILES string of the molecule is O=C(c1ccc2[nH]ccc2c1)N1CCC(n2cc(N3CCCC3=O)cn2)C1. The molecule has 1 N–H and O–H groups in total. The van der Waals surface area contributed by atoms with E-state index < -0.39 is 0 Å². The number of rotatable bonds is 3. The second-order valence-corrected chi connectivity index (χ2v) is 7.30. The third-order valence-corrected chi connectivity index (χ3v) is 5.60. The molecular formula is C20H21N5O2. The molecule has 138 valence electrons. The van der Waals surface area contributed by atoms with Crippen molar-refractivity contribution in [1.82, 2.24) is 19.7 Å². The highest BCUT2D eigenvalue weighted by Crippen LogP contribution is 2.27. The Morgan fingerprint density at radius 1 is 1.22 bits per heavy atom. The van der Waals surface area contributed by atoms with Gasteiger partial charge in [0.2, 0.25) is 5.91 Å². The molecule has 7 nitrogen and oxygen atoms in total. The summed E-state index contributed by atoms with van der Waals surface area (Å²) in [6.07, 6.45) is 7.96. The summed E-state index contributed by atoms with van der Waals surface area (Å²) in [6.45, 7) is 2.12. The first kappa shape index (κ1) is 16.1. The van der Waals surface area contributed by atoms with Gasteiger partial charge in [-0.2, -0.15) is 5.10 Å². The molecule has 0 spiro atoms. The fourth-order valence-corrected chi connectivity index (χ4v) is 4.10. The number of nitrogens with zero attached hydrogens (tertiary/aromatic N) is 4. The maximum atomic E-state index is 12.9. The number of aromatic nitrogens is 3. The van der Waals surface area contributed by atoms with E-state index in [4.69, 9.17) is 0 Å². The Kier molecular flexibility index (Phi) is 3.74. The zero-order chi connectivity index (χ0) is 18.4.